The lowest BCUT2D eigenvalue weighted by Gasteiger charge is -2.34. The maximum atomic E-state index is 6.20. The molecule has 1 fully saturated rings. The third kappa shape index (κ3) is 2.14. The summed E-state index contributed by atoms with van der Waals surface area (Å²) >= 11 is 6.18. The molecule has 1 saturated carbocycles. The third-order valence-corrected chi connectivity index (χ3v) is 4.40. The second kappa shape index (κ2) is 4.97. The summed E-state index contributed by atoms with van der Waals surface area (Å²) in [5, 5.41) is 4.62. The largest absolute Gasteiger partial charge is 0.451 e. The van der Waals surface area contributed by atoms with Crippen LogP contribution in [-0.4, -0.2) is 10.1 Å². The quantitative estimate of drug-likeness (QED) is 0.790. The van der Waals surface area contributed by atoms with E-state index in [4.69, 9.17) is 26.3 Å². The minimum absolute atomic E-state index is 0.338. The van der Waals surface area contributed by atoms with Crippen LogP contribution >= 0.6 is 11.6 Å². The summed E-state index contributed by atoms with van der Waals surface area (Å²) in [4.78, 5) is 4.37. The Balaban J connectivity index is 1.66. The number of benzene rings is 1. The Morgan fingerprint density at radius 2 is 1.86 bits per heavy atom. The van der Waals surface area contributed by atoms with E-state index in [2.05, 4.69) is 10.1 Å². The molecule has 22 heavy (non-hydrogen) atoms. The summed E-state index contributed by atoms with van der Waals surface area (Å²) in [5.41, 5.74) is 6.58. The summed E-state index contributed by atoms with van der Waals surface area (Å²) < 4.78 is 11.1. The molecule has 4 rings (SSSR count). The number of hydrogen-bond donors (Lipinski definition) is 1. The van der Waals surface area contributed by atoms with E-state index in [0.29, 0.717) is 28.3 Å². The molecule has 5 nitrogen and oxygen atoms in total. The Kier molecular flexibility index (Phi) is 3.06. The van der Waals surface area contributed by atoms with Crippen molar-refractivity contribution in [3.05, 3.63) is 47.2 Å². The molecular weight excluding hydrogens is 302 g/mol. The Labute approximate surface area is 132 Å². The molecular formula is C16H14ClN3O2. The highest BCUT2D eigenvalue weighted by molar-refractivity contribution is 6.33. The first kappa shape index (κ1) is 13.5. The lowest BCUT2D eigenvalue weighted by atomic mass is 9.77. The Bertz CT molecular complexity index is 820. The van der Waals surface area contributed by atoms with Gasteiger partial charge in [-0.1, -0.05) is 28.9 Å². The van der Waals surface area contributed by atoms with E-state index >= 15 is 0 Å². The van der Waals surface area contributed by atoms with Crippen molar-refractivity contribution in [3.8, 4) is 23.0 Å². The van der Waals surface area contributed by atoms with Crippen molar-refractivity contribution >= 4 is 11.6 Å². The number of halogens is 1. The van der Waals surface area contributed by atoms with Crippen LogP contribution in [-0.2, 0) is 5.54 Å². The van der Waals surface area contributed by atoms with Crippen molar-refractivity contribution in [2.45, 2.75) is 24.8 Å². The summed E-state index contributed by atoms with van der Waals surface area (Å²) in [7, 11) is 0. The molecule has 0 aliphatic heterocycles. The standard InChI is InChI=1S/C16H14ClN3O2/c17-11-5-2-1-4-10(11)12-6-7-13(21-12)14-19-15(20-22-14)16(18)8-3-9-16/h1-2,4-7H,3,8-9,18H2. The van der Waals surface area contributed by atoms with Gasteiger partial charge in [0, 0.05) is 5.56 Å². The first-order chi connectivity index (χ1) is 10.7. The van der Waals surface area contributed by atoms with E-state index in [-0.39, 0.29) is 0 Å². The van der Waals surface area contributed by atoms with Crippen molar-refractivity contribution in [2.75, 3.05) is 0 Å². The molecule has 2 N–H and O–H groups in total. The molecule has 0 spiro atoms. The smallest absolute Gasteiger partial charge is 0.293 e. The van der Waals surface area contributed by atoms with E-state index in [9.17, 15) is 0 Å². The molecule has 0 atom stereocenters. The van der Waals surface area contributed by atoms with E-state index < -0.39 is 5.54 Å². The number of aromatic nitrogens is 2. The molecule has 2 aromatic heterocycles. The van der Waals surface area contributed by atoms with Gasteiger partial charge in [-0.15, -0.1) is 0 Å². The SMILES string of the molecule is NC1(c2noc(-c3ccc(-c4ccccc4Cl)o3)n2)CCC1. The summed E-state index contributed by atoms with van der Waals surface area (Å²) in [6.45, 7) is 0. The van der Waals surface area contributed by atoms with E-state index in [1.165, 1.54) is 0 Å². The van der Waals surface area contributed by atoms with E-state index in [1.54, 1.807) is 6.07 Å². The number of furan rings is 1. The monoisotopic (exact) mass is 315 g/mol. The normalized spacial score (nSPS) is 16.5. The van der Waals surface area contributed by atoms with Gasteiger partial charge in [0.25, 0.3) is 5.89 Å². The van der Waals surface area contributed by atoms with Crippen LogP contribution in [0.5, 0.6) is 0 Å². The van der Waals surface area contributed by atoms with Crippen LogP contribution < -0.4 is 5.73 Å². The first-order valence-electron chi connectivity index (χ1n) is 7.14. The van der Waals surface area contributed by atoms with E-state index in [1.807, 2.05) is 30.3 Å². The summed E-state index contributed by atoms with van der Waals surface area (Å²) in [5.74, 6) is 2.05. The number of hydrogen-bond acceptors (Lipinski definition) is 5. The molecule has 112 valence electrons. The molecule has 0 saturated heterocycles. The van der Waals surface area contributed by atoms with Crippen LogP contribution in [0.1, 0.15) is 25.1 Å². The maximum absolute atomic E-state index is 6.20. The highest BCUT2D eigenvalue weighted by Gasteiger charge is 2.39. The molecule has 0 amide bonds. The van der Waals surface area contributed by atoms with Gasteiger partial charge < -0.3 is 14.7 Å². The van der Waals surface area contributed by atoms with Gasteiger partial charge in [0.1, 0.15) is 5.76 Å². The molecule has 3 aromatic rings. The number of nitrogens with two attached hydrogens (primary N) is 1. The van der Waals surface area contributed by atoms with Gasteiger partial charge in [0.2, 0.25) is 0 Å². The molecule has 0 unspecified atom stereocenters. The van der Waals surface area contributed by atoms with Crippen molar-refractivity contribution in [3.63, 3.8) is 0 Å². The Morgan fingerprint density at radius 3 is 2.59 bits per heavy atom. The lowest BCUT2D eigenvalue weighted by molar-refractivity contribution is 0.229. The van der Waals surface area contributed by atoms with Gasteiger partial charge >= 0.3 is 0 Å². The average molecular weight is 316 g/mol. The highest BCUT2D eigenvalue weighted by Crippen LogP contribution is 2.38. The van der Waals surface area contributed by atoms with Gasteiger partial charge in [-0.25, -0.2) is 0 Å². The fourth-order valence-corrected chi connectivity index (χ4v) is 2.79. The minimum Gasteiger partial charge on any atom is -0.451 e. The molecule has 0 bridgehead atoms. The van der Waals surface area contributed by atoms with Gasteiger partial charge in [-0.3, -0.25) is 0 Å². The third-order valence-electron chi connectivity index (χ3n) is 4.07. The second-order valence-electron chi connectivity index (χ2n) is 5.58. The highest BCUT2D eigenvalue weighted by atomic mass is 35.5. The lowest BCUT2D eigenvalue weighted by Crippen LogP contribution is -2.44. The van der Waals surface area contributed by atoms with Gasteiger partial charge in [0.05, 0.1) is 10.6 Å². The number of nitrogens with zero attached hydrogens (tertiary/aromatic N) is 2. The molecule has 1 aliphatic carbocycles. The van der Waals surface area contributed by atoms with Crippen LogP contribution in [0.15, 0.2) is 45.3 Å². The predicted molar refractivity (Wildman–Crippen MR) is 82.2 cm³/mol. The average Bonchev–Trinajstić information content (AvgIpc) is 3.14. The molecule has 0 radical (unpaired) electrons. The van der Waals surface area contributed by atoms with E-state index in [0.717, 1.165) is 24.8 Å². The number of rotatable bonds is 3. The fourth-order valence-electron chi connectivity index (χ4n) is 2.57. The maximum Gasteiger partial charge on any atom is 0.293 e. The summed E-state index contributed by atoms with van der Waals surface area (Å²) in [6.07, 6.45) is 2.86. The first-order valence-corrected chi connectivity index (χ1v) is 7.52. The van der Waals surface area contributed by atoms with Gasteiger partial charge in [0.15, 0.2) is 11.6 Å². The van der Waals surface area contributed by atoms with Crippen LogP contribution in [0.4, 0.5) is 0 Å². The van der Waals surface area contributed by atoms with Crippen LogP contribution in [0.2, 0.25) is 5.02 Å². The van der Waals surface area contributed by atoms with Gasteiger partial charge in [-0.2, -0.15) is 4.98 Å². The van der Waals surface area contributed by atoms with Gasteiger partial charge in [-0.05, 0) is 43.5 Å². The van der Waals surface area contributed by atoms with Crippen molar-refractivity contribution in [1.82, 2.24) is 10.1 Å². The Morgan fingerprint density at radius 1 is 1.09 bits per heavy atom. The zero-order valence-corrected chi connectivity index (χ0v) is 12.5. The van der Waals surface area contributed by atoms with Crippen LogP contribution in [0.3, 0.4) is 0 Å². The fraction of sp³-hybridized carbons (Fsp3) is 0.250. The molecule has 1 aliphatic rings. The topological polar surface area (TPSA) is 78.1 Å². The molecule has 6 heteroatoms. The summed E-state index contributed by atoms with van der Waals surface area (Å²) in [6, 6.07) is 11.1. The molecule has 2 heterocycles. The van der Waals surface area contributed by atoms with Crippen molar-refractivity contribution in [2.24, 2.45) is 5.73 Å². The second-order valence-corrected chi connectivity index (χ2v) is 5.98. The zero-order chi connectivity index (χ0) is 15.2. The minimum atomic E-state index is -0.445. The Hall–Kier alpha value is -2.11. The predicted octanol–water partition coefficient (Wildman–Crippen LogP) is 3.99. The molecule has 1 aromatic carbocycles. The van der Waals surface area contributed by atoms with Crippen LogP contribution in [0, 0.1) is 0 Å². The van der Waals surface area contributed by atoms with Crippen LogP contribution in [0.25, 0.3) is 23.0 Å². The van der Waals surface area contributed by atoms with Crippen molar-refractivity contribution < 1.29 is 8.94 Å². The van der Waals surface area contributed by atoms with Crippen molar-refractivity contribution in [1.29, 1.82) is 0 Å². The zero-order valence-electron chi connectivity index (χ0n) is 11.8.